The Morgan fingerprint density at radius 2 is 1.08 bits per heavy atom. The van der Waals surface area contributed by atoms with Gasteiger partial charge in [0.2, 0.25) is 0 Å². The Morgan fingerprint density at radius 1 is 0.569 bits per heavy atom. The SMILES string of the molecule is CCCCC(CC)COC(=O)c1ccc(-c2c3cc(-c4ccc(C)s4)sc3c(-c3ccc(C(=O)OCC(CC)CCCC)s3)c3cc(C)sc23)s1. The first-order valence-electron chi connectivity index (χ1n) is 18.3. The molecule has 0 aliphatic rings. The predicted octanol–water partition coefficient (Wildman–Crippen LogP) is 14.7. The molecule has 9 heteroatoms. The number of rotatable bonds is 17. The van der Waals surface area contributed by atoms with Gasteiger partial charge in [0.1, 0.15) is 9.75 Å². The minimum atomic E-state index is -0.235. The van der Waals surface area contributed by atoms with Gasteiger partial charge in [-0.2, -0.15) is 0 Å². The molecule has 0 amide bonds. The maximum absolute atomic E-state index is 13.3. The van der Waals surface area contributed by atoms with E-state index in [1.807, 2.05) is 34.8 Å². The minimum absolute atomic E-state index is 0.235. The summed E-state index contributed by atoms with van der Waals surface area (Å²) >= 11 is 8.46. The molecule has 0 saturated carbocycles. The zero-order valence-corrected chi connectivity index (χ0v) is 34.6. The van der Waals surface area contributed by atoms with E-state index in [2.05, 4.69) is 77.9 Å². The van der Waals surface area contributed by atoms with Crippen molar-refractivity contribution in [2.45, 2.75) is 92.9 Å². The van der Waals surface area contributed by atoms with Gasteiger partial charge < -0.3 is 9.47 Å². The molecular formula is C42H48O4S5. The maximum atomic E-state index is 13.3. The number of hydrogen-bond donors (Lipinski definition) is 0. The fraction of sp³-hybridized carbons (Fsp3) is 0.429. The van der Waals surface area contributed by atoms with Crippen molar-refractivity contribution < 1.29 is 19.1 Å². The highest BCUT2D eigenvalue weighted by Crippen LogP contribution is 2.53. The lowest BCUT2D eigenvalue weighted by atomic mass is 9.99. The van der Waals surface area contributed by atoms with Crippen LogP contribution in [0.25, 0.3) is 50.8 Å². The van der Waals surface area contributed by atoms with Crippen molar-refractivity contribution in [3.8, 4) is 30.6 Å². The van der Waals surface area contributed by atoms with Crippen molar-refractivity contribution in [2.24, 2.45) is 11.8 Å². The zero-order chi connectivity index (χ0) is 36.1. The summed E-state index contributed by atoms with van der Waals surface area (Å²) in [4.78, 5) is 35.0. The predicted molar refractivity (Wildman–Crippen MR) is 224 cm³/mol. The summed E-state index contributed by atoms with van der Waals surface area (Å²) in [5.41, 5.74) is 2.34. The number of fused-ring (bicyclic) bond motifs is 2. The quantitative estimate of drug-likeness (QED) is 0.0866. The Morgan fingerprint density at radius 3 is 1.57 bits per heavy atom. The van der Waals surface area contributed by atoms with Gasteiger partial charge in [0.05, 0.1) is 13.2 Å². The van der Waals surface area contributed by atoms with Crippen LogP contribution < -0.4 is 0 Å². The third-order valence-electron chi connectivity index (χ3n) is 9.66. The van der Waals surface area contributed by atoms with Gasteiger partial charge in [-0.1, -0.05) is 66.2 Å². The molecule has 0 saturated heterocycles. The monoisotopic (exact) mass is 776 g/mol. The number of thiophene rings is 5. The molecule has 0 aliphatic carbocycles. The van der Waals surface area contributed by atoms with Crippen LogP contribution in [0.5, 0.6) is 0 Å². The van der Waals surface area contributed by atoms with E-state index in [0.717, 1.165) is 61.1 Å². The van der Waals surface area contributed by atoms with Gasteiger partial charge in [-0.05, 0) is 87.1 Å². The molecule has 0 aliphatic heterocycles. The van der Waals surface area contributed by atoms with E-state index in [-0.39, 0.29) is 11.9 Å². The summed E-state index contributed by atoms with van der Waals surface area (Å²) in [6, 6.07) is 17.1. The fourth-order valence-corrected chi connectivity index (χ4v) is 11.9. The molecule has 5 aromatic heterocycles. The summed E-state index contributed by atoms with van der Waals surface area (Å²) in [5.74, 6) is 0.332. The lowest BCUT2D eigenvalue weighted by Crippen LogP contribution is -2.13. The number of aryl methyl sites for hydroxylation is 2. The van der Waals surface area contributed by atoms with E-state index in [9.17, 15) is 9.59 Å². The molecule has 2 unspecified atom stereocenters. The van der Waals surface area contributed by atoms with E-state index < -0.39 is 0 Å². The molecular weight excluding hydrogens is 729 g/mol. The first-order valence-corrected chi connectivity index (χ1v) is 22.4. The normalized spacial score (nSPS) is 12.9. The van der Waals surface area contributed by atoms with Gasteiger partial charge in [0.25, 0.3) is 0 Å². The molecule has 51 heavy (non-hydrogen) atoms. The van der Waals surface area contributed by atoms with E-state index in [1.54, 1.807) is 11.3 Å². The highest BCUT2D eigenvalue weighted by Gasteiger charge is 2.25. The number of unbranched alkanes of at least 4 members (excludes halogenated alkanes) is 2. The van der Waals surface area contributed by atoms with Gasteiger partial charge in [-0.25, -0.2) is 9.59 Å². The molecule has 270 valence electrons. The fourth-order valence-electron chi connectivity index (χ4n) is 6.56. The summed E-state index contributed by atoms with van der Waals surface area (Å²) in [5, 5.41) is 2.36. The molecule has 6 aromatic rings. The Kier molecular flexibility index (Phi) is 12.9. The smallest absolute Gasteiger partial charge is 0.348 e. The largest absolute Gasteiger partial charge is 0.461 e. The second kappa shape index (κ2) is 17.3. The highest BCUT2D eigenvalue weighted by molar-refractivity contribution is 7.28. The average Bonchev–Trinajstić information content (AvgIpc) is 3.97. The Balaban J connectivity index is 1.40. The minimum Gasteiger partial charge on any atom is -0.461 e. The lowest BCUT2D eigenvalue weighted by molar-refractivity contribution is 0.0425. The average molecular weight is 777 g/mol. The molecule has 0 bridgehead atoms. The molecule has 5 heterocycles. The maximum Gasteiger partial charge on any atom is 0.348 e. The van der Waals surface area contributed by atoms with Crippen LogP contribution >= 0.6 is 56.7 Å². The van der Waals surface area contributed by atoms with Crippen LogP contribution in [-0.2, 0) is 9.47 Å². The van der Waals surface area contributed by atoms with E-state index in [4.69, 9.17) is 9.47 Å². The van der Waals surface area contributed by atoms with Crippen molar-refractivity contribution in [2.75, 3.05) is 13.2 Å². The van der Waals surface area contributed by atoms with Crippen LogP contribution in [0, 0.1) is 25.7 Å². The Labute approximate surface area is 322 Å². The lowest BCUT2D eigenvalue weighted by Gasteiger charge is -2.14. The number of carbonyl (C=O) groups excluding carboxylic acids is 2. The van der Waals surface area contributed by atoms with Crippen molar-refractivity contribution in [1.29, 1.82) is 0 Å². The first kappa shape index (κ1) is 37.9. The molecule has 2 atom stereocenters. The number of ether oxygens (including phenoxy) is 2. The van der Waals surface area contributed by atoms with Gasteiger partial charge in [-0.15, -0.1) is 56.7 Å². The summed E-state index contributed by atoms with van der Waals surface area (Å²) in [6.45, 7) is 14.0. The van der Waals surface area contributed by atoms with Crippen LogP contribution in [0.4, 0.5) is 0 Å². The molecule has 0 radical (unpaired) electrons. The van der Waals surface area contributed by atoms with E-state index in [0.29, 0.717) is 34.8 Å². The van der Waals surface area contributed by atoms with Crippen LogP contribution in [0.3, 0.4) is 0 Å². The number of esters is 2. The summed E-state index contributed by atoms with van der Waals surface area (Å²) in [6.07, 6.45) is 8.82. The van der Waals surface area contributed by atoms with E-state index in [1.165, 1.54) is 73.5 Å². The van der Waals surface area contributed by atoms with Crippen LogP contribution in [0.15, 0.2) is 48.5 Å². The Bertz CT molecular complexity index is 1980. The summed E-state index contributed by atoms with van der Waals surface area (Å²) < 4.78 is 14.1. The standard InChI is InChI=1S/C42H48O4S5/c1-7-11-13-27(9-3)23-45-41(43)34-19-17-32(49-34)37-29-21-26(6)48-39(29)38(30-22-36(51-40(30)37)31-16-15-25(5)47-31)33-18-20-35(50-33)42(44)46-24-28(10-4)14-12-8-2/h15-22,27-28H,7-14,23-24H2,1-6H3. The third-order valence-corrected chi connectivity index (χ3v) is 15.2. The van der Waals surface area contributed by atoms with E-state index >= 15 is 0 Å². The summed E-state index contributed by atoms with van der Waals surface area (Å²) in [7, 11) is 0. The molecule has 0 fully saturated rings. The third kappa shape index (κ3) is 8.54. The van der Waals surface area contributed by atoms with Crippen molar-refractivity contribution in [1.82, 2.24) is 0 Å². The highest BCUT2D eigenvalue weighted by atomic mass is 32.1. The van der Waals surface area contributed by atoms with Crippen molar-refractivity contribution in [3.05, 3.63) is 68.0 Å². The molecule has 4 nitrogen and oxygen atoms in total. The topological polar surface area (TPSA) is 52.6 Å². The van der Waals surface area contributed by atoms with Crippen molar-refractivity contribution in [3.63, 3.8) is 0 Å². The first-order chi connectivity index (χ1) is 24.7. The van der Waals surface area contributed by atoms with Gasteiger partial charge >= 0.3 is 11.9 Å². The molecule has 0 N–H and O–H groups in total. The van der Waals surface area contributed by atoms with Gasteiger partial charge in [0, 0.05) is 60.6 Å². The van der Waals surface area contributed by atoms with Crippen molar-refractivity contribution >= 4 is 88.8 Å². The Hall–Kier alpha value is -2.82. The zero-order valence-electron chi connectivity index (χ0n) is 30.5. The molecule has 6 rings (SSSR count). The second-order valence-corrected chi connectivity index (χ2v) is 19.2. The number of hydrogen-bond acceptors (Lipinski definition) is 9. The van der Waals surface area contributed by atoms with Gasteiger partial charge in [0.15, 0.2) is 0 Å². The molecule has 1 aromatic carbocycles. The molecule has 0 spiro atoms. The number of carbonyl (C=O) groups is 2. The number of benzene rings is 1. The van der Waals surface area contributed by atoms with Crippen LogP contribution in [0.1, 0.15) is 108 Å². The second-order valence-electron chi connectivity index (χ2n) is 13.5. The van der Waals surface area contributed by atoms with Crippen LogP contribution in [-0.4, -0.2) is 25.2 Å². The van der Waals surface area contributed by atoms with Crippen LogP contribution in [0.2, 0.25) is 0 Å². The van der Waals surface area contributed by atoms with Gasteiger partial charge in [-0.3, -0.25) is 0 Å².